The number of carbonyl (C=O) groups is 2. The number of hydrogen-bond donors (Lipinski definition) is 1. The Kier molecular flexibility index (Phi) is 4.17. The van der Waals surface area contributed by atoms with Crippen molar-refractivity contribution < 1.29 is 14.3 Å². The molecule has 0 spiro atoms. The van der Waals surface area contributed by atoms with Crippen LogP contribution >= 0.6 is 0 Å². The highest BCUT2D eigenvalue weighted by Gasteiger charge is 2.22. The molecule has 1 fully saturated rings. The number of carbonyl (C=O) groups excluding carboxylic acids is 2. The number of nitrogens with one attached hydrogen (secondary N) is 1. The highest BCUT2D eigenvalue weighted by atomic mass is 16.5. The minimum absolute atomic E-state index is 0.0330. The minimum atomic E-state index is -0.0985. The Bertz CT molecular complexity index is 420. The summed E-state index contributed by atoms with van der Waals surface area (Å²) in [5.41, 5.74) is 0. The number of amides is 2. The number of nitrogens with zero attached hydrogens (tertiary/aromatic N) is 1. The van der Waals surface area contributed by atoms with Crippen LogP contribution in [-0.4, -0.2) is 43.0 Å². The van der Waals surface area contributed by atoms with E-state index >= 15 is 0 Å². The van der Waals surface area contributed by atoms with Crippen LogP contribution in [-0.2, 0) is 9.59 Å². The zero-order valence-electron chi connectivity index (χ0n) is 10.1. The molecule has 1 aromatic rings. The third-order valence-corrected chi connectivity index (χ3v) is 2.71. The van der Waals surface area contributed by atoms with Gasteiger partial charge in [-0.2, -0.15) is 0 Å². The third-order valence-electron chi connectivity index (χ3n) is 2.71. The van der Waals surface area contributed by atoms with Crippen LogP contribution in [0.1, 0.15) is 6.42 Å². The van der Waals surface area contributed by atoms with Crippen LogP contribution in [0.4, 0.5) is 0 Å². The molecule has 0 radical (unpaired) electrons. The van der Waals surface area contributed by atoms with Crippen molar-refractivity contribution in [3.8, 4) is 5.75 Å². The second kappa shape index (κ2) is 6.05. The average molecular weight is 248 g/mol. The van der Waals surface area contributed by atoms with Crippen LogP contribution < -0.4 is 10.1 Å². The summed E-state index contributed by atoms with van der Waals surface area (Å²) in [7, 11) is 0. The summed E-state index contributed by atoms with van der Waals surface area (Å²) < 4.78 is 5.52. The van der Waals surface area contributed by atoms with Gasteiger partial charge in [-0.3, -0.25) is 9.59 Å². The quantitative estimate of drug-likeness (QED) is 0.768. The highest BCUT2D eigenvalue weighted by Crippen LogP contribution is 2.08. The maximum Gasteiger partial charge on any atom is 0.242 e. The van der Waals surface area contributed by atoms with E-state index in [0.29, 0.717) is 19.6 Å². The van der Waals surface area contributed by atoms with Crippen LogP contribution in [0.15, 0.2) is 30.3 Å². The van der Waals surface area contributed by atoms with Gasteiger partial charge in [0.25, 0.3) is 0 Å². The number of ether oxygens (including phenoxy) is 1. The lowest BCUT2D eigenvalue weighted by atomic mass is 10.3. The van der Waals surface area contributed by atoms with Crippen molar-refractivity contribution in [1.82, 2.24) is 10.2 Å². The standard InChI is InChI=1S/C13H16N2O3/c16-12-10-15(13(17)9-14-12)7-4-8-18-11-5-2-1-3-6-11/h1-3,5-6H,4,7-10H2,(H,14,16). The zero-order valence-corrected chi connectivity index (χ0v) is 10.1. The van der Waals surface area contributed by atoms with Gasteiger partial charge in [0.05, 0.1) is 19.7 Å². The first-order valence-electron chi connectivity index (χ1n) is 5.98. The van der Waals surface area contributed by atoms with Gasteiger partial charge in [0, 0.05) is 6.54 Å². The number of piperazine rings is 1. The molecule has 0 saturated carbocycles. The number of para-hydroxylation sites is 1. The molecular formula is C13H16N2O3. The van der Waals surface area contributed by atoms with E-state index in [1.54, 1.807) is 4.90 Å². The Balaban J connectivity index is 1.69. The minimum Gasteiger partial charge on any atom is -0.494 e. The second-order valence-electron chi connectivity index (χ2n) is 4.11. The first-order valence-corrected chi connectivity index (χ1v) is 5.98. The van der Waals surface area contributed by atoms with E-state index in [2.05, 4.69) is 5.32 Å². The van der Waals surface area contributed by atoms with Crippen LogP contribution in [0, 0.1) is 0 Å². The molecule has 1 heterocycles. The summed E-state index contributed by atoms with van der Waals surface area (Å²) in [6.45, 7) is 1.36. The van der Waals surface area contributed by atoms with Gasteiger partial charge >= 0.3 is 0 Å². The van der Waals surface area contributed by atoms with Gasteiger partial charge in [-0.25, -0.2) is 0 Å². The van der Waals surface area contributed by atoms with Crippen LogP contribution in [0.5, 0.6) is 5.75 Å². The van der Waals surface area contributed by atoms with Gasteiger partial charge in [0.2, 0.25) is 11.8 Å². The molecule has 96 valence electrons. The fraction of sp³-hybridized carbons (Fsp3) is 0.385. The van der Waals surface area contributed by atoms with Gasteiger partial charge < -0.3 is 15.0 Å². The Hall–Kier alpha value is -2.04. The lowest BCUT2D eigenvalue weighted by molar-refractivity contribution is -0.140. The zero-order chi connectivity index (χ0) is 12.8. The second-order valence-corrected chi connectivity index (χ2v) is 4.11. The van der Waals surface area contributed by atoms with Gasteiger partial charge in [-0.1, -0.05) is 18.2 Å². The van der Waals surface area contributed by atoms with Gasteiger partial charge in [-0.05, 0) is 18.6 Å². The number of benzene rings is 1. The van der Waals surface area contributed by atoms with Crippen molar-refractivity contribution >= 4 is 11.8 Å². The van der Waals surface area contributed by atoms with E-state index in [-0.39, 0.29) is 24.9 Å². The number of rotatable bonds is 5. The Labute approximate surface area is 106 Å². The first kappa shape index (κ1) is 12.4. The van der Waals surface area contributed by atoms with Crippen LogP contribution in [0.2, 0.25) is 0 Å². The number of hydrogen-bond acceptors (Lipinski definition) is 3. The molecule has 1 aromatic carbocycles. The summed E-state index contributed by atoms with van der Waals surface area (Å²) in [4.78, 5) is 24.2. The lowest BCUT2D eigenvalue weighted by Gasteiger charge is -2.26. The van der Waals surface area contributed by atoms with Gasteiger partial charge in [0.1, 0.15) is 5.75 Å². The molecule has 0 unspecified atom stereocenters. The first-order chi connectivity index (χ1) is 8.75. The predicted molar refractivity (Wildman–Crippen MR) is 66.1 cm³/mol. The molecule has 5 nitrogen and oxygen atoms in total. The molecule has 0 aliphatic carbocycles. The maximum atomic E-state index is 11.5. The van der Waals surface area contributed by atoms with Crippen molar-refractivity contribution in [2.45, 2.75) is 6.42 Å². The summed E-state index contributed by atoms with van der Waals surface area (Å²) in [6, 6.07) is 9.53. The Morgan fingerprint density at radius 3 is 2.78 bits per heavy atom. The molecule has 5 heteroatoms. The predicted octanol–water partition coefficient (Wildman–Crippen LogP) is 0.414. The molecule has 2 rings (SSSR count). The maximum absolute atomic E-state index is 11.5. The molecule has 1 saturated heterocycles. The SMILES string of the molecule is O=C1CN(CCCOc2ccccc2)C(=O)CN1. The van der Waals surface area contributed by atoms with Crippen molar-refractivity contribution in [3.05, 3.63) is 30.3 Å². The summed E-state index contributed by atoms with van der Waals surface area (Å²) in [5, 5.41) is 2.52. The lowest BCUT2D eigenvalue weighted by Crippen LogP contribution is -2.51. The molecular weight excluding hydrogens is 232 g/mol. The van der Waals surface area contributed by atoms with E-state index in [4.69, 9.17) is 4.74 Å². The molecule has 1 N–H and O–H groups in total. The smallest absolute Gasteiger partial charge is 0.242 e. The van der Waals surface area contributed by atoms with Crippen LogP contribution in [0.25, 0.3) is 0 Å². The molecule has 0 aromatic heterocycles. The van der Waals surface area contributed by atoms with Crippen LogP contribution in [0.3, 0.4) is 0 Å². The average Bonchev–Trinajstić information content (AvgIpc) is 2.40. The molecule has 0 atom stereocenters. The molecule has 2 amide bonds. The van der Waals surface area contributed by atoms with E-state index in [1.165, 1.54) is 0 Å². The normalized spacial score (nSPS) is 15.4. The van der Waals surface area contributed by atoms with Gasteiger partial charge in [0.15, 0.2) is 0 Å². The van der Waals surface area contributed by atoms with Crippen molar-refractivity contribution in [1.29, 1.82) is 0 Å². The summed E-state index contributed by atoms with van der Waals surface area (Å²) in [5.74, 6) is 0.688. The fourth-order valence-electron chi connectivity index (χ4n) is 1.77. The van der Waals surface area contributed by atoms with Crippen molar-refractivity contribution in [3.63, 3.8) is 0 Å². The monoisotopic (exact) mass is 248 g/mol. The molecule has 18 heavy (non-hydrogen) atoms. The molecule has 0 bridgehead atoms. The highest BCUT2D eigenvalue weighted by molar-refractivity contribution is 5.92. The largest absolute Gasteiger partial charge is 0.494 e. The van der Waals surface area contributed by atoms with E-state index < -0.39 is 0 Å². The molecule has 1 aliphatic rings. The summed E-state index contributed by atoms with van der Waals surface area (Å²) in [6.07, 6.45) is 0.716. The van der Waals surface area contributed by atoms with Gasteiger partial charge in [-0.15, -0.1) is 0 Å². The fourth-order valence-corrected chi connectivity index (χ4v) is 1.77. The van der Waals surface area contributed by atoms with E-state index in [0.717, 1.165) is 5.75 Å². The Morgan fingerprint density at radius 1 is 1.22 bits per heavy atom. The van der Waals surface area contributed by atoms with E-state index in [9.17, 15) is 9.59 Å². The van der Waals surface area contributed by atoms with E-state index in [1.807, 2.05) is 30.3 Å². The summed E-state index contributed by atoms with van der Waals surface area (Å²) >= 11 is 0. The molecule has 1 aliphatic heterocycles. The van der Waals surface area contributed by atoms with Crippen molar-refractivity contribution in [2.24, 2.45) is 0 Å². The Morgan fingerprint density at radius 2 is 2.00 bits per heavy atom. The third kappa shape index (κ3) is 3.48. The van der Waals surface area contributed by atoms with Crippen molar-refractivity contribution in [2.75, 3.05) is 26.2 Å². The topological polar surface area (TPSA) is 58.6 Å².